The van der Waals surface area contributed by atoms with Gasteiger partial charge in [0.1, 0.15) is 0 Å². The Morgan fingerprint density at radius 1 is 1.50 bits per heavy atom. The number of ether oxygens (including phenoxy) is 1. The number of hydrogen-bond donors (Lipinski definition) is 3. The lowest BCUT2D eigenvalue weighted by Crippen LogP contribution is -2.44. The standard InChI is InChI=1S/C11H19N5O4/c1-8(10(17)13-4-6-20-2)12-3-5-16-7-9(11(18)19)14-15-16/h7-8,12H,3-6H2,1-2H3,(H,13,17)(H,18,19). The minimum atomic E-state index is -1.12. The Bertz CT molecular complexity index is 448. The number of carboxylic acid groups (broad SMARTS) is 1. The smallest absolute Gasteiger partial charge is 0.358 e. The summed E-state index contributed by atoms with van der Waals surface area (Å²) in [5.41, 5.74) is -0.102. The molecule has 0 saturated carbocycles. The Morgan fingerprint density at radius 3 is 2.85 bits per heavy atom. The van der Waals surface area contributed by atoms with Gasteiger partial charge in [-0.15, -0.1) is 5.10 Å². The molecule has 0 radical (unpaired) electrons. The van der Waals surface area contributed by atoms with E-state index in [1.165, 1.54) is 10.9 Å². The molecule has 9 nitrogen and oxygen atoms in total. The highest BCUT2D eigenvalue weighted by molar-refractivity contribution is 5.84. The van der Waals surface area contributed by atoms with Crippen LogP contribution >= 0.6 is 0 Å². The van der Waals surface area contributed by atoms with Crippen molar-refractivity contribution < 1.29 is 19.4 Å². The van der Waals surface area contributed by atoms with Gasteiger partial charge < -0.3 is 20.5 Å². The van der Waals surface area contributed by atoms with E-state index >= 15 is 0 Å². The summed E-state index contributed by atoms with van der Waals surface area (Å²) in [7, 11) is 1.57. The molecular weight excluding hydrogens is 266 g/mol. The van der Waals surface area contributed by atoms with Crippen molar-refractivity contribution in [1.82, 2.24) is 25.6 Å². The van der Waals surface area contributed by atoms with Crippen LogP contribution in [-0.2, 0) is 16.1 Å². The molecule has 3 N–H and O–H groups in total. The molecule has 0 spiro atoms. The highest BCUT2D eigenvalue weighted by atomic mass is 16.5. The van der Waals surface area contributed by atoms with Crippen LogP contribution in [0.4, 0.5) is 0 Å². The Balaban J connectivity index is 2.25. The van der Waals surface area contributed by atoms with Gasteiger partial charge in [-0.3, -0.25) is 9.48 Å². The first-order valence-corrected chi connectivity index (χ1v) is 6.18. The molecule has 1 heterocycles. The third-order valence-corrected chi connectivity index (χ3v) is 2.55. The molecule has 9 heteroatoms. The zero-order valence-electron chi connectivity index (χ0n) is 11.5. The van der Waals surface area contributed by atoms with Crippen LogP contribution < -0.4 is 10.6 Å². The molecule has 1 unspecified atom stereocenters. The van der Waals surface area contributed by atoms with Crippen molar-refractivity contribution in [1.29, 1.82) is 0 Å². The Hall–Kier alpha value is -2.00. The Kier molecular flexibility index (Phi) is 6.60. The van der Waals surface area contributed by atoms with Gasteiger partial charge in [-0.25, -0.2) is 4.79 Å². The van der Waals surface area contributed by atoms with E-state index in [0.29, 0.717) is 26.2 Å². The second-order valence-corrected chi connectivity index (χ2v) is 4.13. The highest BCUT2D eigenvalue weighted by Gasteiger charge is 2.12. The third kappa shape index (κ3) is 5.33. The summed E-state index contributed by atoms with van der Waals surface area (Å²) in [5, 5.41) is 21.6. The second-order valence-electron chi connectivity index (χ2n) is 4.13. The number of nitrogens with one attached hydrogen (secondary N) is 2. The van der Waals surface area contributed by atoms with Crippen LogP contribution in [0.15, 0.2) is 6.20 Å². The number of nitrogens with zero attached hydrogens (tertiary/aromatic N) is 3. The van der Waals surface area contributed by atoms with Gasteiger partial charge in [0.15, 0.2) is 5.69 Å². The van der Waals surface area contributed by atoms with Crippen LogP contribution in [0.2, 0.25) is 0 Å². The van der Waals surface area contributed by atoms with Crippen molar-refractivity contribution >= 4 is 11.9 Å². The predicted molar refractivity (Wildman–Crippen MR) is 69.3 cm³/mol. The minimum absolute atomic E-state index is 0.102. The van der Waals surface area contributed by atoms with Crippen LogP contribution in [0.25, 0.3) is 0 Å². The molecule has 0 aliphatic carbocycles. The first-order chi connectivity index (χ1) is 9.54. The SMILES string of the molecule is COCCNC(=O)C(C)NCCn1cc(C(=O)O)nn1. The zero-order valence-corrected chi connectivity index (χ0v) is 11.5. The van der Waals surface area contributed by atoms with Crippen molar-refractivity contribution in [2.45, 2.75) is 19.5 Å². The molecule has 1 aromatic rings. The van der Waals surface area contributed by atoms with Crippen LogP contribution in [0.5, 0.6) is 0 Å². The van der Waals surface area contributed by atoms with Crippen LogP contribution in [0.3, 0.4) is 0 Å². The van der Waals surface area contributed by atoms with Gasteiger partial charge in [0, 0.05) is 20.2 Å². The molecule has 0 bridgehead atoms. The minimum Gasteiger partial charge on any atom is -0.476 e. The van der Waals surface area contributed by atoms with E-state index in [1.807, 2.05) is 0 Å². The summed E-state index contributed by atoms with van der Waals surface area (Å²) in [6, 6.07) is -0.352. The molecular formula is C11H19N5O4. The molecule has 1 rings (SSSR count). The van der Waals surface area contributed by atoms with Crippen molar-refractivity contribution in [2.75, 3.05) is 26.8 Å². The zero-order chi connectivity index (χ0) is 15.0. The molecule has 0 saturated heterocycles. The highest BCUT2D eigenvalue weighted by Crippen LogP contribution is 1.92. The van der Waals surface area contributed by atoms with Gasteiger partial charge in [0.2, 0.25) is 5.91 Å². The number of carbonyl (C=O) groups is 2. The number of carbonyl (C=O) groups excluding carboxylic acids is 1. The summed E-state index contributed by atoms with van der Waals surface area (Å²) in [5.74, 6) is -1.23. The number of rotatable bonds is 9. The van der Waals surface area contributed by atoms with E-state index in [0.717, 1.165) is 0 Å². The first-order valence-electron chi connectivity index (χ1n) is 6.18. The molecule has 1 amide bonds. The first kappa shape index (κ1) is 16.1. The normalized spacial score (nSPS) is 12.1. The lowest BCUT2D eigenvalue weighted by atomic mass is 10.3. The van der Waals surface area contributed by atoms with Crippen molar-refractivity contribution in [3.05, 3.63) is 11.9 Å². The van der Waals surface area contributed by atoms with Gasteiger partial charge >= 0.3 is 5.97 Å². The number of aromatic carboxylic acids is 1. The monoisotopic (exact) mass is 285 g/mol. The lowest BCUT2D eigenvalue weighted by Gasteiger charge is -2.13. The quantitative estimate of drug-likeness (QED) is 0.483. The molecule has 112 valence electrons. The fourth-order valence-electron chi connectivity index (χ4n) is 1.42. The van der Waals surface area contributed by atoms with E-state index in [9.17, 15) is 9.59 Å². The summed E-state index contributed by atoms with van der Waals surface area (Å²) < 4.78 is 6.24. The van der Waals surface area contributed by atoms with Crippen molar-refractivity contribution in [2.24, 2.45) is 0 Å². The van der Waals surface area contributed by atoms with E-state index in [2.05, 4.69) is 20.9 Å². The number of carboxylic acids is 1. The van der Waals surface area contributed by atoms with E-state index in [-0.39, 0.29) is 17.6 Å². The molecule has 0 aliphatic rings. The molecule has 0 aliphatic heterocycles. The largest absolute Gasteiger partial charge is 0.476 e. The lowest BCUT2D eigenvalue weighted by molar-refractivity contribution is -0.122. The fraction of sp³-hybridized carbons (Fsp3) is 0.636. The summed E-state index contributed by atoms with van der Waals surface area (Å²) in [6.45, 7) is 3.57. The third-order valence-electron chi connectivity index (χ3n) is 2.55. The predicted octanol–water partition coefficient (Wildman–Crippen LogP) is -1.28. The summed E-state index contributed by atoms with van der Waals surface area (Å²) in [4.78, 5) is 22.2. The van der Waals surface area contributed by atoms with Gasteiger partial charge in [-0.05, 0) is 6.92 Å². The molecule has 20 heavy (non-hydrogen) atoms. The summed E-state index contributed by atoms with van der Waals surface area (Å²) in [6.07, 6.45) is 1.34. The van der Waals surface area contributed by atoms with Gasteiger partial charge in [0.25, 0.3) is 0 Å². The van der Waals surface area contributed by atoms with Crippen LogP contribution in [0.1, 0.15) is 17.4 Å². The van der Waals surface area contributed by atoms with Crippen molar-refractivity contribution in [3.8, 4) is 0 Å². The number of aromatic nitrogens is 3. The number of methoxy groups -OCH3 is 1. The topological polar surface area (TPSA) is 118 Å². The second kappa shape index (κ2) is 8.23. The molecule has 0 aromatic carbocycles. The average Bonchev–Trinajstić information content (AvgIpc) is 2.87. The Morgan fingerprint density at radius 2 is 2.25 bits per heavy atom. The maximum absolute atomic E-state index is 11.6. The van der Waals surface area contributed by atoms with Crippen LogP contribution in [0, 0.1) is 0 Å². The molecule has 0 fully saturated rings. The van der Waals surface area contributed by atoms with Gasteiger partial charge in [-0.1, -0.05) is 5.21 Å². The maximum atomic E-state index is 11.6. The average molecular weight is 285 g/mol. The van der Waals surface area contributed by atoms with E-state index in [1.54, 1.807) is 14.0 Å². The number of hydrogen-bond acceptors (Lipinski definition) is 6. The van der Waals surface area contributed by atoms with Crippen molar-refractivity contribution in [3.63, 3.8) is 0 Å². The Labute approximate surface area is 116 Å². The van der Waals surface area contributed by atoms with Gasteiger partial charge in [-0.2, -0.15) is 0 Å². The maximum Gasteiger partial charge on any atom is 0.358 e. The molecule has 1 atom stereocenters. The fourth-order valence-corrected chi connectivity index (χ4v) is 1.42. The van der Waals surface area contributed by atoms with E-state index < -0.39 is 5.97 Å². The van der Waals surface area contributed by atoms with Gasteiger partial charge in [0.05, 0.1) is 25.4 Å². The van der Waals surface area contributed by atoms with Crippen LogP contribution in [-0.4, -0.2) is 64.8 Å². The molecule has 1 aromatic heterocycles. The summed E-state index contributed by atoms with van der Waals surface area (Å²) >= 11 is 0. The van der Waals surface area contributed by atoms with E-state index in [4.69, 9.17) is 9.84 Å². The number of amides is 1.